The molecule has 0 aromatic heterocycles. The number of hydrogen-bond donors (Lipinski definition) is 0. The van der Waals surface area contributed by atoms with Crippen molar-refractivity contribution in [1.29, 1.82) is 0 Å². The molecule has 0 bridgehead atoms. The molecule has 0 amide bonds. The van der Waals surface area contributed by atoms with Crippen molar-refractivity contribution >= 4 is 29.2 Å². The zero-order valence-electron chi connectivity index (χ0n) is 6.24. The number of hydrogen-bond acceptors (Lipinski definition) is 0. The zero-order chi connectivity index (χ0) is 6.86. The fourth-order valence-electron chi connectivity index (χ4n) is 0.224. The Morgan fingerprint density at radius 1 is 1.12 bits per heavy atom. The van der Waals surface area contributed by atoms with Gasteiger partial charge in [0.25, 0.3) is 0 Å². The second-order valence-corrected chi connectivity index (χ2v) is 33.5. The van der Waals surface area contributed by atoms with Gasteiger partial charge < -0.3 is 0 Å². The quantitative estimate of drug-likeness (QED) is 0.538. The van der Waals surface area contributed by atoms with Gasteiger partial charge in [0.2, 0.25) is 0 Å². The molecule has 0 aliphatic rings. The summed E-state index contributed by atoms with van der Waals surface area (Å²) in [7, 11) is -1.61. The molecule has 8 heavy (non-hydrogen) atoms. The average Bonchev–Trinajstić information content (AvgIpc) is 1.68. The van der Waals surface area contributed by atoms with E-state index in [0.717, 1.165) is 0 Å². The summed E-state index contributed by atoms with van der Waals surface area (Å²) in [6, 6.07) is 0. The van der Waals surface area contributed by atoms with Gasteiger partial charge in [0.05, 0.1) is 0 Å². The monoisotopic (exact) mass is 290 g/mol. The van der Waals surface area contributed by atoms with Crippen LogP contribution in [0.15, 0.2) is 0 Å². The second kappa shape index (κ2) is 2.49. The van der Waals surface area contributed by atoms with Crippen LogP contribution in [0.2, 0.25) is 21.8 Å². The van der Waals surface area contributed by atoms with E-state index >= 15 is 0 Å². The maximum atomic E-state index is 2.72. The van der Waals surface area contributed by atoms with Gasteiger partial charge in [-0.15, -0.1) is 0 Å². The first kappa shape index (κ1) is 9.29. The molecule has 0 radical (unpaired) electrons. The first-order valence-corrected chi connectivity index (χ1v) is 15.2. The molecule has 0 N–H and O–H groups in total. The topological polar surface area (TPSA) is 0 Å². The van der Waals surface area contributed by atoms with Crippen LogP contribution in [0.3, 0.4) is 0 Å². The van der Waals surface area contributed by atoms with Gasteiger partial charge in [-0.05, 0) is 0 Å². The molecular formula is C6H16AsI. The van der Waals surface area contributed by atoms with Gasteiger partial charge in [0.15, 0.2) is 0 Å². The summed E-state index contributed by atoms with van der Waals surface area (Å²) in [6.45, 7) is 4.64. The van der Waals surface area contributed by atoms with Crippen LogP contribution in [0.1, 0.15) is 13.8 Å². The van der Waals surface area contributed by atoms with Crippen molar-refractivity contribution in [1.82, 2.24) is 0 Å². The Bertz CT molecular complexity index is 72.3. The van der Waals surface area contributed by atoms with E-state index in [1.165, 1.54) is 10.4 Å². The van der Waals surface area contributed by atoms with Gasteiger partial charge >= 0.3 is 64.9 Å². The molecule has 2 heteroatoms. The van der Waals surface area contributed by atoms with Crippen molar-refractivity contribution in [3.63, 3.8) is 0 Å². The summed E-state index contributed by atoms with van der Waals surface area (Å²) in [5.74, 6) is 0. The van der Waals surface area contributed by atoms with E-state index in [4.69, 9.17) is 0 Å². The van der Waals surface area contributed by atoms with Gasteiger partial charge in [-0.1, -0.05) is 0 Å². The van der Waals surface area contributed by atoms with E-state index in [9.17, 15) is 0 Å². The molecule has 0 atom stereocenters. The van der Waals surface area contributed by atoms with Crippen molar-refractivity contribution in [3.05, 3.63) is 0 Å². The minimum atomic E-state index is -1.61. The summed E-state index contributed by atoms with van der Waals surface area (Å²) in [5.41, 5.74) is 4.97. The Labute approximate surface area is 64.6 Å². The van der Waals surface area contributed by atoms with Crippen molar-refractivity contribution in [2.24, 2.45) is 0 Å². The minimum absolute atomic E-state index is 1.43. The van der Waals surface area contributed by atoms with Gasteiger partial charge in [-0.25, -0.2) is 0 Å². The van der Waals surface area contributed by atoms with Gasteiger partial charge in [-0.3, -0.25) is 0 Å². The third kappa shape index (κ3) is 3.34. The van der Waals surface area contributed by atoms with Gasteiger partial charge in [-0.2, -0.15) is 0 Å². The van der Waals surface area contributed by atoms with Crippen LogP contribution in [0, 0.1) is 0 Å². The van der Waals surface area contributed by atoms with E-state index in [1.54, 1.807) is 0 Å². The van der Waals surface area contributed by atoms with Crippen LogP contribution in [-0.4, -0.2) is 9.10 Å². The van der Waals surface area contributed by atoms with E-state index in [2.05, 4.69) is 45.4 Å². The SMILES string of the molecule is CC[As](C)(C)(I)CC. The molecule has 0 unspecified atom stereocenters. The van der Waals surface area contributed by atoms with E-state index in [-0.39, 0.29) is 0 Å². The Morgan fingerprint density at radius 2 is 1.38 bits per heavy atom. The molecular weight excluding hydrogens is 274 g/mol. The second-order valence-electron chi connectivity index (χ2n) is 3.15. The van der Waals surface area contributed by atoms with Gasteiger partial charge in [0.1, 0.15) is 0 Å². The fourth-order valence-corrected chi connectivity index (χ4v) is 1.16. The Morgan fingerprint density at radius 3 is 1.38 bits per heavy atom. The third-order valence-corrected chi connectivity index (χ3v) is 17.2. The Hall–Kier alpha value is 1.29. The molecule has 0 nitrogen and oxygen atoms in total. The molecule has 0 saturated carbocycles. The summed E-state index contributed by atoms with van der Waals surface area (Å²) in [6.07, 6.45) is 0. The van der Waals surface area contributed by atoms with E-state index < -0.39 is 9.10 Å². The van der Waals surface area contributed by atoms with Crippen molar-refractivity contribution in [2.45, 2.75) is 35.7 Å². The van der Waals surface area contributed by atoms with Crippen LogP contribution in [0.4, 0.5) is 0 Å². The zero-order valence-corrected chi connectivity index (χ0v) is 10.3. The van der Waals surface area contributed by atoms with Crippen LogP contribution < -0.4 is 0 Å². The molecule has 0 heterocycles. The van der Waals surface area contributed by atoms with Gasteiger partial charge in [0, 0.05) is 0 Å². The molecule has 0 spiro atoms. The maximum absolute atomic E-state index is 2.72. The van der Waals surface area contributed by atoms with E-state index in [0.29, 0.717) is 0 Å². The average molecular weight is 290 g/mol. The molecule has 0 saturated heterocycles. The predicted octanol–water partition coefficient (Wildman–Crippen LogP) is 3.62. The number of rotatable bonds is 2. The molecule has 0 aromatic carbocycles. The Balaban J connectivity index is 3.99. The van der Waals surface area contributed by atoms with Crippen molar-refractivity contribution < 1.29 is 0 Å². The van der Waals surface area contributed by atoms with Crippen molar-refractivity contribution in [3.8, 4) is 0 Å². The molecule has 0 aliphatic carbocycles. The van der Waals surface area contributed by atoms with Crippen molar-refractivity contribution in [2.75, 3.05) is 0 Å². The summed E-state index contributed by atoms with van der Waals surface area (Å²) < 4.78 is 0. The van der Waals surface area contributed by atoms with E-state index in [1.807, 2.05) is 0 Å². The summed E-state index contributed by atoms with van der Waals surface area (Å²) >= 11 is 2.72. The molecule has 0 aromatic rings. The fraction of sp³-hybridized carbons (Fsp3) is 1.00. The molecule has 0 rings (SSSR count). The number of halogens is 1. The summed E-state index contributed by atoms with van der Waals surface area (Å²) in [5, 5.41) is 2.85. The predicted molar refractivity (Wildman–Crippen MR) is 52.5 cm³/mol. The van der Waals surface area contributed by atoms with Crippen LogP contribution in [-0.2, 0) is 0 Å². The first-order chi connectivity index (χ1) is 3.39. The molecule has 0 aliphatic heterocycles. The normalized spacial score (nSPS) is 17.4. The van der Waals surface area contributed by atoms with Crippen LogP contribution >= 0.6 is 20.1 Å². The molecule has 0 fully saturated rings. The molecule has 52 valence electrons. The van der Waals surface area contributed by atoms with Crippen LogP contribution in [0.5, 0.6) is 0 Å². The third-order valence-electron chi connectivity index (χ3n) is 1.95. The van der Waals surface area contributed by atoms with Crippen LogP contribution in [0.25, 0.3) is 0 Å². The first-order valence-electron chi connectivity index (χ1n) is 3.11. The summed E-state index contributed by atoms with van der Waals surface area (Å²) in [4.78, 5) is 0. The Kier molecular flexibility index (Phi) is 2.89. The standard InChI is InChI=1S/C6H16AsI/c1-5-7(3,4,8)6-2/h5-6H2,1-4H3.